The van der Waals surface area contributed by atoms with Crippen molar-refractivity contribution in [3.63, 3.8) is 0 Å². The van der Waals surface area contributed by atoms with Gasteiger partial charge >= 0.3 is 11.9 Å². The molecular weight excluding hydrogens is 484 g/mol. The molecule has 0 aromatic rings. The van der Waals surface area contributed by atoms with Gasteiger partial charge in [0.15, 0.2) is 0 Å². The molecular formula is C35H50O4. The Morgan fingerprint density at radius 1 is 0.692 bits per heavy atom. The molecule has 39 heavy (non-hydrogen) atoms. The zero-order chi connectivity index (χ0) is 28.6. The Balaban J connectivity index is 1.66. The number of allylic oxidation sites excluding steroid dienone is 6. The predicted octanol–water partition coefficient (Wildman–Crippen LogP) is 8.31. The van der Waals surface area contributed by atoms with Gasteiger partial charge in [0.1, 0.15) is 11.2 Å². The van der Waals surface area contributed by atoms with Crippen LogP contribution in [-0.4, -0.2) is 23.1 Å². The molecule has 4 rings (SSSR count). The van der Waals surface area contributed by atoms with Crippen LogP contribution >= 0.6 is 0 Å². The van der Waals surface area contributed by atoms with Gasteiger partial charge in [0.05, 0.1) is 11.8 Å². The van der Waals surface area contributed by atoms with E-state index in [1.165, 1.54) is 11.1 Å². The third-order valence-electron chi connectivity index (χ3n) is 10.7. The fourth-order valence-corrected chi connectivity index (χ4v) is 8.45. The van der Waals surface area contributed by atoms with E-state index in [1.807, 2.05) is 12.2 Å². The van der Waals surface area contributed by atoms with Gasteiger partial charge in [-0.2, -0.15) is 0 Å². The minimum atomic E-state index is -0.680. The fraction of sp³-hybridized carbons (Fsp3) is 0.657. The Morgan fingerprint density at radius 3 is 1.38 bits per heavy atom. The molecule has 0 aliphatic heterocycles. The van der Waals surface area contributed by atoms with E-state index in [9.17, 15) is 9.59 Å². The number of hydrogen-bond acceptors (Lipinski definition) is 4. The second kappa shape index (κ2) is 11.3. The monoisotopic (exact) mass is 534 g/mol. The minimum absolute atomic E-state index is 0.0529. The predicted molar refractivity (Wildman–Crippen MR) is 158 cm³/mol. The van der Waals surface area contributed by atoms with Crippen molar-refractivity contribution < 1.29 is 19.1 Å². The second-order valence-electron chi connectivity index (χ2n) is 12.6. The van der Waals surface area contributed by atoms with Crippen LogP contribution in [0.3, 0.4) is 0 Å². The van der Waals surface area contributed by atoms with Crippen LogP contribution in [-0.2, 0) is 19.1 Å². The lowest BCUT2D eigenvalue weighted by atomic mass is 9.73. The molecule has 4 nitrogen and oxygen atoms in total. The highest BCUT2D eigenvalue weighted by molar-refractivity contribution is 5.85. The molecule has 2 bridgehead atoms. The van der Waals surface area contributed by atoms with Gasteiger partial charge in [-0.05, 0) is 67.9 Å². The van der Waals surface area contributed by atoms with Gasteiger partial charge in [0.25, 0.3) is 0 Å². The molecule has 0 aromatic heterocycles. The largest absolute Gasteiger partial charge is 0.454 e. The van der Waals surface area contributed by atoms with Crippen molar-refractivity contribution in [3.05, 3.63) is 59.8 Å². The van der Waals surface area contributed by atoms with E-state index >= 15 is 0 Å². The van der Waals surface area contributed by atoms with Crippen LogP contribution in [0.25, 0.3) is 0 Å². The Kier molecular flexibility index (Phi) is 8.55. The van der Waals surface area contributed by atoms with Crippen LogP contribution in [0.2, 0.25) is 0 Å². The zero-order valence-corrected chi connectivity index (χ0v) is 25.5. The summed E-state index contributed by atoms with van der Waals surface area (Å²) in [6, 6.07) is 0. The topological polar surface area (TPSA) is 52.6 Å². The molecule has 4 aliphatic carbocycles. The molecule has 0 amide bonds. The van der Waals surface area contributed by atoms with Crippen LogP contribution < -0.4 is 0 Å². The standard InChI is InChI=1S/C35H50O4/c1-9-23-17-15-21-34(13-5,25(23)11-3)38-31(36)29-27-19-20-28(33(27,7)8)30(29)32(37)39-35(14-6)22-16-18-24(10-2)26(35)12-4/h15-22,25-30H,9-14H2,1-8H3. The number of carbonyl (C=O) groups is 2. The van der Waals surface area contributed by atoms with Crippen molar-refractivity contribution in [1.82, 2.24) is 0 Å². The Bertz CT molecular complexity index is 1020. The Morgan fingerprint density at radius 2 is 1.08 bits per heavy atom. The summed E-state index contributed by atoms with van der Waals surface area (Å²) in [6.45, 7) is 17.2. The molecule has 0 radical (unpaired) electrons. The summed E-state index contributed by atoms with van der Waals surface area (Å²) >= 11 is 0. The molecule has 0 aromatic carbocycles. The highest BCUT2D eigenvalue weighted by Gasteiger charge is 2.63. The lowest BCUT2D eigenvalue weighted by Crippen LogP contribution is -2.48. The summed E-state index contributed by atoms with van der Waals surface area (Å²) in [4.78, 5) is 28.5. The lowest BCUT2D eigenvalue weighted by molar-refractivity contribution is -0.178. The van der Waals surface area contributed by atoms with Crippen molar-refractivity contribution in [1.29, 1.82) is 0 Å². The van der Waals surface area contributed by atoms with Gasteiger partial charge in [-0.25, -0.2) is 0 Å². The van der Waals surface area contributed by atoms with E-state index in [2.05, 4.69) is 91.8 Å². The van der Waals surface area contributed by atoms with E-state index < -0.39 is 23.0 Å². The molecule has 0 saturated heterocycles. The van der Waals surface area contributed by atoms with Gasteiger partial charge in [-0.15, -0.1) is 0 Å². The fourth-order valence-electron chi connectivity index (χ4n) is 8.45. The molecule has 0 heterocycles. The SMILES string of the molecule is CCC1=CC=CC(CC)(OC(=O)C2C(C(=O)OC3(CC)C=CC=C(CC)C3CC)C3C=CC2C3(C)C)C1CC. The summed E-state index contributed by atoms with van der Waals surface area (Å²) in [5, 5.41) is 0. The average molecular weight is 535 g/mol. The summed E-state index contributed by atoms with van der Waals surface area (Å²) in [5.41, 5.74) is 1.06. The quantitative estimate of drug-likeness (QED) is 0.209. The van der Waals surface area contributed by atoms with Crippen LogP contribution in [0.15, 0.2) is 59.8 Å². The molecule has 0 N–H and O–H groups in total. The molecule has 4 aliphatic rings. The van der Waals surface area contributed by atoms with Gasteiger partial charge in [0, 0.05) is 11.8 Å². The number of esters is 2. The third-order valence-corrected chi connectivity index (χ3v) is 10.7. The second-order valence-corrected chi connectivity index (χ2v) is 12.6. The summed E-state index contributed by atoms with van der Waals surface area (Å²) in [7, 11) is 0. The first kappa shape index (κ1) is 29.6. The normalized spacial score (nSPS) is 37.9. The first-order valence-electron chi connectivity index (χ1n) is 15.5. The first-order valence-corrected chi connectivity index (χ1v) is 15.5. The average Bonchev–Trinajstić information content (AvgIpc) is 3.36. The number of hydrogen-bond donors (Lipinski definition) is 0. The molecule has 1 fully saturated rings. The van der Waals surface area contributed by atoms with Crippen molar-refractivity contribution in [3.8, 4) is 0 Å². The highest BCUT2D eigenvalue weighted by atomic mass is 16.6. The van der Waals surface area contributed by atoms with Crippen molar-refractivity contribution in [2.24, 2.45) is 40.9 Å². The van der Waals surface area contributed by atoms with Gasteiger partial charge in [-0.3, -0.25) is 9.59 Å². The number of rotatable bonds is 10. The maximum atomic E-state index is 14.2. The zero-order valence-electron chi connectivity index (χ0n) is 25.5. The highest BCUT2D eigenvalue weighted by Crippen LogP contribution is 2.61. The minimum Gasteiger partial charge on any atom is -0.454 e. The molecule has 1 saturated carbocycles. The smallest absolute Gasteiger partial charge is 0.311 e. The van der Waals surface area contributed by atoms with Crippen LogP contribution in [0.5, 0.6) is 0 Å². The maximum Gasteiger partial charge on any atom is 0.311 e. The van der Waals surface area contributed by atoms with Crippen LogP contribution in [0.1, 0.15) is 93.9 Å². The van der Waals surface area contributed by atoms with E-state index in [4.69, 9.17) is 9.47 Å². The summed E-state index contributed by atoms with van der Waals surface area (Å²) < 4.78 is 13.1. The van der Waals surface area contributed by atoms with Crippen molar-refractivity contribution in [2.75, 3.05) is 0 Å². The Labute approximate surface area is 236 Å². The van der Waals surface area contributed by atoms with Crippen molar-refractivity contribution in [2.45, 2.75) is 105 Å². The lowest BCUT2D eigenvalue weighted by Gasteiger charge is -2.43. The number of carbonyl (C=O) groups excluding carboxylic acids is 2. The van der Waals surface area contributed by atoms with Gasteiger partial charge < -0.3 is 9.47 Å². The Hall–Kier alpha value is -2.36. The first-order chi connectivity index (χ1) is 18.6. The van der Waals surface area contributed by atoms with E-state index in [1.54, 1.807) is 0 Å². The number of ether oxygens (including phenoxy) is 2. The summed E-state index contributed by atoms with van der Waals surface area (Å²) in [6.07, 6.45) is 21.9. The van der Waals surface area contributed by atoms with Gasteiger partial charge in [-0.1, -0.05) is 103 Å². The van der Waals surface area contributed by atoms with E-state index in [0.717, 1.165) is 25.7 Å². The molecule has 8 unspecified atom stereocenters. The molecule has 4 heteroatoms. The number of fused-ring (bicyclic) bond motifs is 2. The molecule has 8 atom stereocenters. The molecule has 214 valence electrons. The van der Waals surface area contributed by atoms with Crippen LogP contribution in [0, 0.1) is 40.9 Å². The molecule has 0 spiro atoms. The van der Waals surface area contributed by atoms with Crippen molar-refractivity contribution >= 4 is 11.9 Å². The maximum absolute atomic E-state index is 14.2. The van der Waals surface area contributed by atoms with Crippen LogP contribution in [0.4, 0.5) is 0 Å². The van der Waals surface area contributed by atoms with Gasteiger partial charge in [0.2, 0.25) is 0 Å². The van der Waals surface area contributed by atoms with E-state index in [-0.39, 0.29) is 41.0 Å². The van der Waals surface area contributed by atoms with E-state index in [0.29, 0.717) is 12.8 Å². The summed E-state index contributed by atoms with van der Waals surface area (Å²) in [5.74, 6) is -1.41. The third kappa shape index (κ3) is 4.70.